The predicted molar refractivity (Wildman–Crippen MR) is 131 cm³/mol. The van der Waals surface area contributed by atoms with Gasteiger partial charge in [-0.25, -0.2) is 0 Å². The van der Waals surface area contributed by atoms with Crippen molar-refractivity contribution in [2.45, 2.75) is 63.2 Å². The maximum absolute atomic E-state index is 13.2. The van der Waals surface area contributed by atoms with E-state index in [4.69, 9.17) is 0 Å². The number of fused-ring (bicyclic) bond motifs is 1. The van der Waals surface area contributed by atoms with Gasteiger partial charge in [-0.1, -0.05) is 43.2 Å². The van der Waals surface area contributed by atoms with E-state index in [-0.39, 0.29) is 24.8 Å². The molecule has 1 saturated carbocycles. The second-order valence-corrected chi connectivity index (χ2v) is 9.61. The van der Waals surface area contributed by atoms with E-state index in [1.165, 1.54) is 12.0 Å². The highest BCUT2D eigenvalue weighted by Gasteiger charge is 2.45. The molecule has 1 aliphatic carbocycles. The molecule has 0 aromatic heterocycles. The fourth-order valence-electron chi connectivity index (χ4n) is 5.53. The normalized spacial score (nSPS) is 24.4. The molecular weight excluding hydrogens is 444 g/mol. The standard InChI is InChI=1S/C27H30N4O4/c1-30(22-10-6-5-9-21(22)28-16-17-7-3-2-4-8-17)18-11-12-19-20(15-18)27(35)31(26(19)34)23-13-14-24(32)29-25(23)33/h2-4,7-8,11-12,15,21-23,28H,5-6,9-10,13-14,16H2,1H3,(H,29,32,33)/t21-,22-,23?/m1/s1. The van der Waals surface area contributed by atoms with E-state index in [2.05, 4.69) is 27.7 Å². The highest BCUT2D eigenvalue weighted by molar-refractivity contribution is 6.23. The van der Waals surface area contributed by atoms with Gasteiger partial charge in [0, 0.05) is 37.8 Å². The largest absolute Gasteiger partial charge is 0.370 e. The lowest BCUT2D eigenvalue weighted by molar-refractivity contribution is -0.136. The van der Waals surface area contributed by atoms with Gasteiger partial charge in [0.05, 0.1) is 11.1 Å². The Balaban J connectivity index is 1.34. The van der Waals surface area contributed by atoms with Gasteiger partial charge in [-0.3, -0.25) is 29.4 Å². The minimum Gasteiger partial charge on any atom is -0.370 e. The van der Waals surface area contributed by atoms with E-state index in [1.54, 1.807) is 12.1 Å². The van der Waals surface area contributed by atoms with E-state index in [0.29, 0.717) is 17.2 Å². The first-order chi connectivity index (χ1) is 16.9. The van der Waals surface area contributed by atoms with Crippen LogP contribution in [0.1, 0.15) is 64.8 Å². The number of carbonyl (C=O) groups excluding carboxylic acids is 4. The second kappa shape index (κ2) is 9.62. The summed E-state index contributed by atoms with van der Waals surface area (Å²) in [5.74, 6) is -1.93. The lowest BCUT2D eigenvalue weighted by Crippen LogP contribution is -2.54. The lowest BCUT2D eigenvalue weighted by atomic mass is 9.88. The van der Waals surface area contributed by atoms with Crippen LogP contribution in [0.5, 0.6) is 0 Å². The molecule has 2 aromatic carbocycles. The zero-order valence-electron chi connectivity index (χ0n) is 19.8. The SMILES string of the molecule is CN(c1ccc2c(c1)C(=O)N(C1CCC(=O)NC1=O)C2=O)[C@@H]1CCCC[C@H]1NCc1ccccc1. The first-order valence-corrected chi connectivity index (χ1v) is 12.3. The molecule has 0 spiro atoms. The van der Waals surface area contributed by atoms with Crippen molar-refractivity contribution < 1.29 is 19.2 Å². The quantitative estimate of drug-likeness (QED) is 0.625. The molecule has 2 aliphatic heterocycles. The van der Waals surface area contributed by atoms with Crippen LogP contribution in [0.3, 0.4) is 0 Å². The smallest absolute Gasteiger partial charge is 0.262 e. The number of likely N-dealkylation sites (N-methyl/N-ethyl adjacent to an activating group) is 1. The Morgan fingerprint density at radius 3 is 2.46 bits per heavy atom. The van der Waals surface area contributed by atoms with Gasteiger partial charge in [0.2, 0.25) is 11.8 Å². The van der Waals surface area contributed by atoms with Crippen LogP contribution in [-0.4, -0.2) is 53.7 Å². The van der Waals surface area contributed by atoms with Crippen LogP contribution in [0.4, 0.5) is 5.69 Å². The van der Waals surface area contributed by atoms with Crippen LogP contribution < -0.4 is 15.5 Å². The van der Waals surface area contributed by atoms with Gasteiger partial charge in [0.25, 0.3) is 11.8 Å². The van der Waals surface area contributed by atoms with E-state index in [1.807, 2.05) is 31.3 Å². The van der Waals surface area contributed by atoms with Gasteiger partial charge in [0.1, 0.15) is 6.04 Å². The topological polar surface area (TPSA) is 98.8 Å². The molecule has 5 rings (SSSR count). The van der Waals surface area contributed by atoms with Crippen molar-refractivity contribution in [1.29, 1.82) is 0 Å². The maximum atomic E-state index is 13.2. The second-order valence-electron chi connectivity index (χ2n) is 9.61. The Kier molecular flexibility index (Phi) is 6.38. The molecule has 2 aromatic rings. The number of piperidine rings is 1. The fraction of sp³-hybridized carbons (Fsp3) is 0.407. The van der Waals surface area contributed by atoms with Crippen LogP contribution in [-0.2, 0) is 16.1 Å². The Bertz CT molecular complexity index is 1170. The van der Waals surface area contributed by atoms with Crippen molar-refractivity contribution >= 4 is 29.3 Å². The van der Waals surface area contributed by atoms with Crippen LogP contribution in [0.15, 0.2) is 48.5 Å². The third-order valence-corrected chi connectivity index (χ3v) is 7.47. The van der Waals surface area contributed by atoms with Gasteiger partial charge >= 0.3 is 0 Å². The molecule has 0 bridgehead atoms. The van der Waals surface area contributed by atoms with Crippen LogP contribution in [0, 0.1) is 0 Å². The van der Waals surface area contributed by atoms with E-state index >= 15 is 0 Å². The molecule has 1 unspecified atom stereocenters. The van der Waals surface area contributed by atoms with Crippen molar-refractivity contribution in [3.8, 4) is 0 Å². The molecule has 8 nitrogen and oxygen atoms in total. The summed E-state index contributed by atoms with van der Waals surface area (Å²) in [5, 5.41) is 5.96. The minimum absolute atomic E-state index is 0.108. The highest BCUT2D eigenvalue weighted by atomic mass is 16.2. The Labute approximate surface area is 204 Å². The summed E-state index contributed by atoms with van der Waals surface area (Å²) in [7, 11) is 2.04. The van der Waals surface area contributed by atoms with E-state index in [0.717, 1.165) is 36.4 Å². The maximum Gasteiger partial charge on any atom is 0.262 e. The van der Waals surface area contributed by atoms with E-state index < -0.39 is 23.8 Å². The van der Waals surface area contributed by atoms with E-state index in [9.17, 15) is 19.2 Å². The molecule has 8 heteroatoms. The zero-order valence-corrected chi connectivity index (χ0v) is 19.8. The molecule has 2 N–H and O–H groups in total. The van der Waals surface area contributed by atoms with Crippen molar-refractivity contribution in [2.24, 2.45) is 0 Å². The van der Waals surface area contributed by atoms with Crippen LogP contribution in [0.25, 0.3) is 0 Å². The van der Waals surface area contributed by atoms with Crippen LogP contribution >= 0.6 is 0 Å². The predicted octanol–water partition coefficient (Wildman–Crippen LogP) is 2.62. The highest BCUT2D eigenvalue weighted by Crippen LogP contribution is 2.33. The van der Waals surface area contributed by atoms with Crippen molar-refractivity contribution in [2.75, 3.05) is 11.9 Å². The van der Waals surface area contributed by atoms with Crippen molar-refractivity contribution in [3.63, 3.8) is 0 Å². The molecular formula is C27H30N4O4. The monoisotopic (exact) mass is 474 g/mol. The summed E-state index contributed by atoms with van der Waals surface area (Å²) in [6, 6.07) is 15.3. The summed E-state index contributed by atoms with van der Waals surface area (Å²) in [6.45, 7) is 0.800. The molecule has 3 aliphatic rings. The summed E-state index contributed by atoms with van der Waals surface area (Å²) in [4.78, 5) is 53.3. The molecule has 0 radical (unpaired) electrons. The molecule has 182 valence electrons. The number of imide groups is 2. The third-order valence-electron chi connectivity index (χ3n) is 7.47. The first kappa shape index (κ1) is 23.2. The number of carbonyl (C=O) groups is 4. The van der Waals surface area contributed by atoms with Gasteiger partial charge in [-0.05, 0) is 43.0 Å². The van der Waals surface area contributed by atoms with Crippen LogP contribution in [0.2, 0.25) is 0 Å². The third kappa shape index (κ3) is 4.46. The average molecular weight is 475 g/mol. The average Bonchev–Trinajstić information content (AvgIpc) is 3.12. The Morgan fingerprint density at radius 1 is 0.943 bits per heavy atom. The minimum atomic E-state index is -0.953. The summed E-state index contributed by atoms with van der Waals surface area (Å²) in [5.41, 5.74) is 2.73. The number of hydrogen-bond acceptors (Lipinski definition) is 6. The molecule has 3 atom stereocenters. The summed E-state index contributed by atoms with van der Waals surface area (Å²) >= 11 is 0. The van der Waals surface area contributed by atoms with Gasteiger partial charge in [-0.15, -0.1) is 0 Å². The number of rotatable bonds is 6. The zero-order chi connectivity index (χ0) is 24.5. The number of nitrogens with one attached hydrogen (secondary N) is 2. The molecule has 2 fully saturated rings. The Morgan fingerprint density at radius 2 is 1.69 bits per heavy atom. The molecule has 4 amide bonds. The molecule has 2 heterocycles. The van der Waals surface area contributed by atoms with Gasteiger partial charge in [-0.2, -0.15) is 0 Å². The lowest BCUT2D eigenvalue weighted by Gasteiger charge is -2.40. The van der Waals surface area contributed by atoms with Crippen molar-refractivity contribution in [3.05, 3.63) is 65.2 Å². The van der Waals surface area contributed by atoms with Gasteiger partial charge < -0.3 is 10.2 Å². The number of benzene rings is 2. The fourth-order valence-corrected chi connectivity index (χ4v) is 5.53. The number of hydrogen-bond donors (Lipinski definition) is 2. The van der Waals surface area contributed by atoms with Gasteiger partial charge in [0.15, 0.2) is 0 Å². The van der Waals surface area contributed by atoms with Crippen molar-refractivity contribution in [1.82, 2.24) is 15.5 Å². The molecule has 35 heavy (non-hydrogen) atoms. The number of anilines is 1. The first-order valence-electron chi connectivity index (χ1n) is 12.3. The molecule has 1 saturated heterocycles. The number of amides is 4. The number of nitrogens with zero attached hydrogens (tertiary/aromatic N) is 2. The summed E-state index contributed by atoms with van der Waals surface area (Å²) in [6.07, 6.45) is 4.69. The summed E-state index contributed by atoms with van der Waals surface area (Å²) < 4.78 is 0. The Hall–Kier alpha value is -3.52.